The zero-order chi connectivity index (χ0) is 14.1. The van der Waals surface area contributed by atoms with E-state index in [-0.39, 0.29) is 11.3 Å². The van der Waals surface area contributed by atoms with Crippen molar-refractivity contribution in [2.45, 2.75) is 11.0 Å². The summed E-state index contributed by atoms with van der Waals surface area (Å²) in [6, 6.07) is 9.24. The van der Waals surface area contributed by atoms with E-state index in [2.05, 4.69) is 4.98 Å². The Morgan fingerprint density at radius 1 is 1.20 bits per heavy atom. The first-order valence-corrected chi connectivity index (χ1v) is 6.84. The van der Waals surface area contributed by atoms with Gasteiger partial charge in [-0.3, -0.25) is 0 Å². The third kappa shape index (κ3) is 2.46. The number of anilines is 1. The van der Waals surface area contributed by atoms with Crippen LogP contribution in [0.15, 0.2) is 46.0 Å². The van der Waals surface area contributed by atoms with E-state index in [1.165, 1.54) is 23.9 Å². The van der Waals surface area contributed by atoms with Gasteiger partial charge in [-0.25, -0.2) is 13.8 Å². The molecule has 3 nitrogen and oxygen atoms in total. The smallest absolute Gasteiger partial charge is 0.257 e. The van der Waals surface area contributed by atoms with Crippen molar-refractivity contribution < 1.29 is 13.2 Å². The van der Waals surface area contributed by atoms with Crippen molar-refractivity contribution in [3.05, 3.63) is 53.6 Å². The van der Waals surface area contributed by atoms with E-state index in [0.717, 1.165) is 6.07 Å². The molecule has 0 radical (unpaired) electrons. The van der Waals surface area contributed by atoms with E-state index >= 15 is 0 Å². The SMILES string of the molecule is Nc1ccc2oc(SCc3cccc(F)c3F)nc2c1. The number of benzene rings is 2. The van der Waals surface area contributed by atoms with Crippen molar-refractivity contribution in [1.82, 2.24) is 4.98 Å². The van der Waals surface area contributed by atoms with Gasteiger partial charge < -0.3 is 10.2 Å². The van der Waals surface area contributed by atoms with Crippen molar-refractivity contribution in [2.24, 2.45) is 0 Å². The monoisotopic (exact) mass is 292 g/mol. The summed E-state index contributed by atoms with van der Waals surface area (Å²) in [5.74, 6) is -1.44. The number of oxazole rings is 1. The number of nitrogens with zero attached hydrogens (tertiary/aromatic N) is 1. The number of nitrogen functional groups attached to an aromatic ring is 1. The van der Waals surface area contributed by atoms with E-state index < -0.39 is 11.6 Å². The van der Waals surface area contributed by atoms with Gasteiger partial charge in [0.2, 0.25) is 0 Å². The molecular formula is C14H10F2N2OS. The molecule has 0 saturated carbocycles. The van der Waals surface area contributed by atoms with Crippen molar-refractivity contribution in [3.63, 3.8) is 0 Å². The molecule has 2 aromatic carbocycles. The van der Waals surface area contributed by atoms with E-state index in [4.69, 9.17) is 10.2 Å². The molecule has 3 aromatic rings. The maximum atomic E-state index is 13.5. The second-order valence-electron chi connectivity index (χ2n) is 4.21. The van der Waals surface area contributed by atoms with Crippen molar-refractivity contribution >= 4 is 28.5 Å². The highest BCUT2D eigenvalue weighted by atomic mass is 32.2. The van der Waals surface area contributed by atoms with Gasteiger partial charge in [-0.2, -0.15) is 0 Å². The number of halogens is 2. The van der Waals surface area contributed by atoms with Gasteiger partial charge in [0, 0.05) is 17.0 Å². The average molecular weight is 292 g/mol. The maximum Gasteiger partial charge on any atom is 0.257 e. The van der Waals surface area contributed by atoms with Crippen LogP contribution in [0.5, 0.6) is 0 Å². The lowest BCUT2D eigenvalue weighted by Gasteiger charge is -2.01. The molecule has 6 heteroatoms. The van der Waals surface area contributed by atoms with Gasteiger partial charge in [-0.1, -0.05) is 23.9 Å². The van der Waals surface area contributed by atoms with Crippen LogP contribution in [0.1, 0.15) is 5.56 Å². The minimum absolute atomic E-state index is 0.242. The molecule has 20 heavy (non-hydrogen) atoms. The Labute approximate surface area is 117 Å². The average Bonchev–Trinajstić information content (AvgIpc) is 2.82. The lowest BCUT2D eigenvalue weighted by Crippen LogP contribution is -1.91. The van der Waals surface area contributed by atoms with Gasteiger partial charge in [0.25, 0.3) is 5.22 Å². The van der Waals surface area contributed by atoms with Crippen LogP contribution in [-0.2, 0) is 5.75 Å². The summed E-state index contributed by atoms with van der Waals surface area (Å²) in [4.78, 5) is 4.24. The van der Waals surface area contributed by atoms with E-state index in [1.807, 2.05) is 0 Å². The van der Waals surface area contributed by atoms with Gasteiger partial charge in [-0.15, -0.1) is 0 Å². The molecule has 1 heterocycles. The Balaban J connectivity index is 1.81. The van der Waals surface area contributed by atoms with Gasteiger partial charge in [0.1, 0.15) is 5.52 Å². The molecule has 0 saturated heterocycles. The fourth-order valence-corrected chi connectivity index (χ4v) is 2.60. The second-order valence-corrected chi connectivity index (χ2v) is 5.14. The summed E-state index contributed by atoms with van der Waals surface area (Å²) in [5, 5.41) is 0.397. The van der Waals surface area contributed by atoms with Crippen LogP contribution in [0, 0.1) is 11.6 Å². The molecular weight excluding hydrogens is 282 g/mol. The summed E-state index contributed by atoms with van der Waals surface area (Å²) in [6.07, 6.45) is 0. The van der Waals surface area contributed by atoms with Crippen molar-refractivity contribution in [1.29, 1.82) is 0 Å². The van der Waals surface area contributed by atoms with E-state index in [1.54, 1.807) is 18.2 Å². The molecule has 0 spiro atoms. The fourth-order valence-electron chi connectivity index (χ4n) is 1.78. The number of rotatable bonds is 3. The lowest BCUT2D eigenvalue weighted by atomic mass is 10.2. The molecule has 0 amide bonds. The first kappa shape index (κ1) is 12.9. The molecule has 0 fully saturated rings. The number of thioether (sulfide) groups is 1. The quantitative estimate of drug-likeness (QED) is 0.586. The fraction of sp³-hybridized carbons (Fsp3) is 0.0714. The lowest BCUT2D eigenvalue weighted by molar-refractivity contribution is 0.488. The van der Waals surface area contributed by atoms with Crippen LogP contribution in [0.25, 0.3) is 11.1 Å². The first-order valence-electron chi connectivity index (χ1n) is 5.85. The normalized spacial score (nSPS) is 11.1. The molecule has 102 valence electrons. The van der Waals surface area contributed by atoms with Gasteiger partial charge in [0.15, 0.2) is 17.2 Å². The summed E-state index contributed by atoms with van der Waals surface area (Å²) in [5.41, 5.74) is 7.78. The summed E-state index contributed by atoms with van der Waals surface area (Å²) in [6.45, 7) is 0. The number of hydrogen-bond acceptors (Lipinski definition) is 4. The van der Waals surface area contributed by atoms with Crippen molar-refractivity contribution in [2.75, 3.05) is 5.73 Å². The molecule has 1 aromatic heterocycles. The van der Waals surface area contributed by atoms with Gasteiger partial charge >= 0.3 is 0 Å². The minimum atomic E-state index is -0.853. The zero-order valence-electron chi connectivity index (χ0n) is 10.3. The summed E-state index contributed by atoms with van der Waals surface area (Å²) in [7, 11) is 0. The standard InChI is InChI=1S/C14H10F2N2OS/c15-10-3-1-2-8(13(10)16)7-20-14-18-11-6-9(17)4-5-12(11)19-14/h1-6H,7,17H2. The minimum Gasteiger partial charge on any atom is -0.431 e. The van der Waals surface area contributed by atoms with Crippen LogP contribution in [0.4, 0.5) is 14.5 Å². The highest BCUT2D eigenvalue weighted by Crippen LogP contribution is 2.28. The zero-order valence-corrected chi connectivity index (χ0v) is 11.1. The number of aromatic nitrogens is 1. The Morgan fingerprint density at radius 3 is 2.90 bits per heavy atom. The first-order chi connectivity index (χ1) is 9.63. The number of hydrogen-bond donors (Lipinski definition) is 1. The summed E-state index contributed by atoms with van der Waals surface area (Å²) >= 11 is 1.20. The molecule has 0 bridgehead atoms. The Hall–Kier alpha value is -2.08. The van der Waals surface area contributed by atoms with E-state index in [0.29, 0.717) is 22.0 Å². The van der Waals surface area contributed by atoms with Gasteiger partial charge in [-0.05, 0) is 24.3 Å². The molecule has 0 aliphatic carbocycles. The molecule has 0 aliphatic rings. The predicted molar refractivity (Wildman–Crippen MR) is 74.3 cm³/mol. The molecule has 0 atom stereocenters. The Kier molecular flexibility index (Phi) is 3.31. The highest BCUT2D eigenvalue weighted by molar-refractivity contribution is 7.98. The number of fused-ring (bicyclic) bond motifs is 1. The molecule has 0 aliphatic heterocycles. The third-order valence-electron chi connectivity index (χ3n) is 2.77. The topological polar surface area (TPSA) is 52.0 Å². The Morgan fingerprint density at radius 2 is 2.05 bits per heavy atom. The third-order valence-corrected chi connectivity index (χ3v) is 3.65. The summed E-state index contributed by atoms with van der Waals surface area (Å²) < 4.78 is 32.1. The van der Waals surface area contributed by atoms with E-state index in [9.17, 15) is 8.78 Å². The largest absolute Gasteiger partial charge is 0.431 e. The van der Waals surface area contributed by atoms with Crippen LogP contribution in [0.3, 0.4) is 0 Å². The van der Waals surface area contributed by atoms with Crippen LogP contribution in [0.2, 0.25) is 0 Å². The van der Waals surface area contributed by atoms with Crippen LogP contribution < -0.4 is 5.73 Å². The number of nitrogens with two attached hydrogens (primary N) is 1. The molecule has 3 rings (SSSR count). The molecule has 0 unspecified atom stereocenters. The Bertz CT molecular complexity index is 773. The van der Waals surface area contributed by atoms with Gasteiger partial charge in [0.05, 0.1) is 0 Å². The maximum absolute atomic E-state index is 13.5. The molecule has 2 N–H and O–H groups in total. The van der Waals surface area contributed by atoms with Crippen LogP contribution >= 0.6 is 11.8 Å². The highest BCUT2D eigenvalue weighted by Gasteiger charge is 2.11. The predicted octanol–water partition coefficient (Wildman–Crippen LogP) is 3.98. The van der Waals surface area contributed by atoms with Crippen molar-refractivity contribution in [3.8, 4) is 0 Å². The second kappa shape index (κ2) is 5.13. The van der Waals surface area contributed by atoms with Crippen LogP contribution in [-0.4, -0.2) is 4.98 Å².